The molecule has 0 amide bonds. The van der Waals surface area contributed by atoms with Gasteiger partial charge in [0.15, 0.2) is 0 Å². The predicted octanol–water partition coefficient (Wildman–Crippen LogP) is 3.51. The summed E-state index contributed by atoms with van der Waals surface area (Å²) in [6.45, 7) is 1.62. The summed E-state index contributed by atoms with van der Waals surface area (Å²) < 4.78 is 43.7. The maximum Gasteiger partial charge on any atom is 0.236 e. The van der Waals surface area contributed by atoms with E-state index in [-0.39, 0.29) is 5.75 Å². The maximum absolute atomic E-state index is 13.7. The fourth-order valence-corrected chi connectivity index (χ4v) is 4.65. The highest BCUT2D eigenvalue weighted by molar-refractivity contribution is 9.10. The van der Waals surface area contributed by atoms with Gasteiger partial charge in [0.25, 0.3) is 0 Å². The summed E-state index contributed by atoms with van der Waals surface area (Å²) in [6.07, 6.45) is 0. The lowest BCUT2D eigenvalue weighted by molar-refractivity contribution is 0.599. The van der Waals surface area contributed by atoms with Crippen LogP contribution in [0.5, 0.6) is 0 Å². The molecule has 0 aliphatic carbocycles. The zero-order valence-corrected chi connectivity index (χ0v) is 17.6. The van der Waals surface area contributed by atoms with Crippen molar-refractivity contribution in [3.8, 4) is 0 Å². The monoisotopic (exact) mass is 471 g/mol. The topological polar surface area (TPSA) is 89.8 Å². The third-order valence-corrected chi connectivity index (χ3v) is 6.42. The molecule has 3 rings (SSSR count). The molecule has 1 heterocycles. The van der Waals surface area contributed by atoms with E-state index in [0.29, 0.717) is 31.3 Å². The zero-order valence-electron chi connectivity index (χ0n) is 14.3. The van der Waals surface area contributed by atoms with Gasteiger partial charge < -0.3 is 0 Å². The van der Waals surface area contributed by atoms with Gasteiger partial charge in [0.05, 0.1) is 11.4 Å². The molecule has 27 heavy (non-hydrogen) atoms. The van der Waals surface area contributed by atoms with Crippen LogP contribution in [0.1, 0.15) is 11.1 Å². The summed E-state index contributed by atoms with van der Waals surface area (Å²) in [7, 11) is -2.06. The highest BCUT2D eigenvalue weighted by atomic mass is 79.9. The van der Waals surface area contributed by atoms with E-state index in [0.717, 1.165) is 0 Å². The number of rotatable bonds is 6. The Balaban J connectivity index is 1.86. The number of sulfonamides is 1. The van der Waals surface area contributed by atoms with Crippen molar-refractivity contribution in [3.63, 3.8) is 0 Å². The van der Waals surface area contributed by atoms with Gasteiger partial charge in [-0.25, -0.2) is 17.5 Å². The van der Waals surface area contributed by atoms with Gasteiger partial charge in [-0.3, -0.25) is 4.72 Å². The minimum atomic E-state index is -3.75. The van der Waals surface area contributed by atoms with Crippen LogP contribution in [0.25, 0.3) is 0 Å². The summed E-state index contributed by atoms with van der Waals surface area (Å²) in [5.41, 5.74) is 1.21. The smallest absolute Gasteiger partial charge is 0.236 e. The molecule has 0 atom stereocenters. The number of halogens is 2. The third kappa shape index (κ3) is 5.05. The summed E-state index contributed by atoms with van der Waals surface area (Å²) in [5, 5.41) is 11.7. The summed E-state index contributed by atoms with van der Waals surface area (Å²) in [5.74, 6) is -0.775. The van der Waals surface area contributed by atoms with E-state index >= 15 is 0 Å². The molecule has 3 aromatic rings. The van der Waals surface area contributed by atoms with E-state index < -0.39 is 15.8 Å². The standard InChI is InChI=1S/C16H15BrFN5O2S2/c1-10-3-4-11(7-13(10)18)9-27(24,25)20-14-8-12(17)5-6-15(14)26-16-19-21-22-23(16)2/h3-8,20H,9H2,1-2H3. The Morgan fingerprint density at radius 2 is 2.04 bits per heavy atom. The fourth-order valence-electron chi connectivity index (χ4n) is 2.23. The van der Waals surface area contributed by atoms with Crippen LogP contribution in [0.3, 0.4) is 0 Å². The first-order valence-electron chi connectivity index (χ1n) is 7.69. The van der Waals surface area contributed by atoms with Crippen molar-refractivity contribution < 1.29 is 12.8 Å². The molecule has 0 aliphatic rings. The quantitative estimate of drug-likeness (QED) is 0.591. The van der Waals surface area contributed by atoms with Crippen LogP contribution < -0.4 is 4.72 Å². The molecule has 11 heteroatoms. The Labute approximate surface area is 168 Å². The molecular weight excluding hydrogens is 457 g/mol. The van der Waals surface area contributed by atoms with Crippen LogP contribution in [0.4, 0.5) is 10.1 Å². The normalized spacial score (nSPS) is 11.6. The molecule has 0 radical (unpaired) electrons. The molecule has 0 bridgehead atoms. The van der Waals surface area contributed by atoms with Crippen molar-refractivity contribution >= 4 is 43.4 Å². The van der Waals surface area contributed by atoms with Crippen LogP contribution in [-0.2, 0) is 22.8 Å². The predicted molar refractivity (Wildman–Crippen MR) is 104 cm³/mol. The number of tetrazole rings is 1. The second kappa shape index (κ2) is 7.95. The van der Waals surface area contributed by atoms with Crippen molar-refractivity contribution in [1.82, 2.24) is 20.2 Å². The van der Waals surface area contributed by atoms with E-state index in [4.69, 9.17) is 0 Å². The molecule has 0 spiro atoms. The molecule has 0 saturated carbocycles. The SMILES string of the molecule is Cc1ccc(CS(=O)(=O)Nc2cc(Br)ccc2Sc2nnnn2C)cc1F. The number of nitrogens with one attached hydrogen (secondary N) is 1. The molecule has 0 fully saturated rings. The lowest BCUT2D eigenvalue weighted by atomic mass is 10.2. The molecular formula is C16H15BrFN5O2S2. The van der Waals surface area contributed by atoms with Crippen molar-refractivity contribution in [2.24, 2.45) is 7.05 Å². The first-order valence-corrected chi connectivity index (χ1v) is 10.9. The minimum absolute atomic E-state index is 0.341. The van der Waals surface area contributed by atoms with Crippen LogP contribution in [-0.4, -0.2) is 28.6 Å². The Morgan fingerprint density at radius 3 is 2.70 bits per heavy atom. The van der Waals surface area contributed by atoms with Gasteiger partial charge in [0.2, 0.25) is 15.2 Å². The van der Waals surface area contributed by atoms with Crippen molar-refractivity contribution in [1.29, 1.82) is 0 Å². The maximum atomic E-state index is 13.7. The van der Waals surface area contributed by atoms with Crippen molar-refractivity contribution in [2.75, 3.05) is 4.72 Å². The van der Waals surface area contributed by atoms with Gasteiger partial charge in [-0.2, -0.15) is 0 Å². The second-order valence-electron chi connectivity index (χ2n) is 5.77. The van der Waals surface area contributed by atoms with E-state index in [1.807, 2.05) is 0 Å². The van der Waals surface area contributed by atoms with Crippen LogP contribution >= 0.6 is 27.7 Å². The minimum Gasteiger partial charge on any atom is -0.282 e. The first-order chi connectivity index (χ1) is 12.7. The highest BCUT2D eigenvalue weighted by Crippen LogP contribution is 2.34. The number of aromatic nitrogens is 4. The van der Waals surface area contributed by atoms with Gasteiger partial charge in [-0.1, -0.05) is 28.1 Å². The van der Waals surface area contributed by atoms with Crippen molar-refractivity contribution in [2.45, 2.75) is 22.7 Å². The molecule has 0 unspecified atom stereocenters. The van der Waals surface area contributed by atoms with Crippen LogP contribution in [0, 0.1) is 12.7 Å². The van der Waals surface area contributed by atoms with E-state index in [1.165, 1.54) is 22.5 Å². The van der Waals surface area contributed by atoms with E-state index in [2.05, 4.69) is 36.2 Å². The Bertz CT molecular complexity index is 1090. The average molecular weight is 472 g/mol. The largest absolute Gasteiger partial charge is 0.282 e. The van der Waals surface area contributed by atoms with Gasteiger partial charge in [0, 0.05) is 16.4 Å². The molecule has 2 aromatic carbocycles. The molecule has 142 valence electrons. The number of hydrogen-bond donors (Lipinski definition) is 1. The van der Waals surface area contributed by atoms with Gasteiger partial charge >= 0.3 is 0 Å². The average Bonchev–Trinajstić information content (AvgIpc) is 2.98. The number of benzene rings is 2. The summed E-state index contributed by atoms with van der Waals surface area (Å²) in [6, 6.07) is 9.59. The van der Waals surface area contributed by atoms with Gasteiger partial charge in [-0.05, 0) is 64.5 Å². The number of hydrogen-bond acceptors (Lipinski definition) is 6. The Kier molecular flexibility index (Phi) is 5.82. The van der Waals surface area contributed by atoms with Crippen LogP contribution in [0.15, 0.2) is 50.9 Å². The summed E-state index contributed by atoms with van der Waals surface area (Å²) in [4.78, 5) is 0.634. The number of nitrogens with zero attached hydrogens (tertiary/aromatic N) is 4. The molecule has 1 N–H and O–H groups in total. The molecule has 0 saturated heterocycles. The highest BCUT2D eigenvalue weighted by Gasteiger charge is 2.17. The van der Waals surface area contributed by atoms with E-state index in [1.54, 1.807) is 44.3 Å². The Hall–Kier alpha value is -1.98. The van der Waals surface area contributed by atoms with E-state index in [9.17, 15) is 12.8 Å². The first kappa shape index (κ1) is 19.8. The number of anilines is 1. The number of aryl methyl sites for hydroxylation is 2. The lowest BCUT2D eigenvalue weighted by Crippen LogP contribution is -2.16. The third-order valence-electron chi connectivity index (χ3n) is 3.58. The Morgan fingerprint density at radius 1 is 1.26 bits per heavy atom. The molecule has 1 aromatic heterocycles. The molecule has 0 aliphatic heterocycles. The fraction of sp³-hybridized carbons (Fsp3) is 0.188. The van der Waals surface area contributed by atoms with Crippen LogP contribution in [0.2, 0.25) is 0 Å². The molecule has 7 nitrogen and oxygen atoms in total. The van der Waals surface area contributed by atoms with Crippen molar-refractivity contribution in [3.05, 3.63) is 57.8 Å². The van der Waals surface area contributed by atoms with Gasteiger partial charge in [0.1, 0.15) is 5.82 Å². The second-order valence-corrected chi connectivity index (χ2v) is 9.42. The lowest BCUT2D eigenvalue weighted by Gasteiger charge is -2.13. The van der Waals surface area contributed by atoms with Gasteiger partial charge in [-0.15, -0.1) is 5.10 Å². The zero-order chi connectivity index (χ0) is 19.6. The summed E-state index contributed by atoms with van der Waals surface area (Å²) >= 11 is 4.57.